The number of tetrazole rings is 1. The maximum absolute atomic E-state index is 12.3. The zero-order chi connectivity index (χ0) is 15.7. The Balaban J connectivity index is 1.89. The van der Waals surface area contributed by atoms with Crippen LogP contribution >= 0.6 is 0 Å². The maximum Gasteiger partial charge on any atom is 0.259 e. The predicted octanol–water partition coefficient (Wildman–Crippen LogP) is 1.26. The molecule has 1 N–H and O–H groups in total. The highest BCUT2D eigenvalue weighted by Crippen LogP contribution is 2.19. The van der Waals surface area contributed by atoms with Crippen LogP contribution in [0.25, 0.3) is 5.69 Å². The summed E-state index contributed by atoms with van der Waals surface area (Å²) in [5.41, 5.74) is 3.84. The number of aromatic nitrogens is 6. The summed E-state index contributed by atoms with van der Waals surface area (Å²) in [5.74, 6) is -0.197. The molecule has 3 rings (SSSR count). The van der Waals surface area contributed by atoms with Crippen molar-refractivity contribution in [3.8, 4) is 5.69 Å². The Labute approximate surface area is 126 Å². The fourth-order valence-electron chi connectivity index (χ4n) is 2.13. The average Bonchev–Trinajstić information content (AvgIpc) is 3.13. The van der Waals surface area contributed by atoms with Crippen molar-refractivity contribution in [1.29, 1.82) is 0 Å². The third-order valence-corrected chi connectivity index (χ3v) is 3.54. The van der Waals surface area contributed by atoms with Gasteiger partial charge in [0.15, 0.2) is 0 Å². The molecule has 2 aromatic heterocycles. The van der Waals surface area contributed by atoms with E-state index in [0.29, 0.717) is 11.3 Å². The van der Waals surface area contributed by atoms with Crippen LogP contribution in [0.4, 0.5) is 5.69 Å². The number of carbonyl (C=O) groups is 1. The number of nitrogens with one attached hydrogen (secondary N) is 1. The van der Waals surface area contributed by atoms with Crippen molar-refractivity contribution in [2.75, 3.05) is 5.32 Å². The number of hydrogen-bond acceptors (Lipinski definition) is 5. The Bertz CT molecular complexity index is 820. The van der Waals surface area contributed by atoms with E-state index >= 15 is 0 Å². The van der Waals surface area contributed by atoms with Gasteiger partial charge in [-0.3, -0.25) is 9.48 Å². The molecule has 0 unspecified atom stereocenters. The van der Waals surface area contributed by atoms with E-state index in [1.165, 1.54) is 6.33 Å². The largest absolute Gasteiger partial charge is 0.322 e. The molecule has 0 radical (unpaired) electrons. The molecule has 1 amide bonds. The molecule has 112 valence electrons. The number of anilines is 1. The van der Waals surface area contributed by atoms with Crippen molar-refractivity contribution in [3.63, 3.8) is 0 Å². The van der Waals surface area contributed by atoms with Crippen molar-refractivity contribution in [2.45, 2.75) is 13.8 Å². The van der Waals surface area contributed by atoms with Gasteiger partial charge in [-0.2, -0.15) is 5.10 Å². The van der Waals surface area contributed by atoms with Crippen LogP contribution < -0.4 is 5.32 Å². The van der Waals surface area contributed by atoms with Crippen LogP contribution in [-0.4, -0.2) is 35.9 Å². The second-order valence-corrected chi connectivity index (χ2v) is 4.98. The number of aryl methyl sites for hydroxylation is 2. The monoisotopic (exact) mass is 297 g/mol. The minimum atomic E-state index is -0.197. The first-order valence-corrected chi connectivity index (χ1v) is 6.70. The van der Waals surface area contributed by atoms with Gasteiger partial charge in [0.05, 0.1) is 17.4 Å². The van der Waals surface area contributed by atoms with Gasteiger partial charge in [0.2, 0.25) is 0 Å². The van der Waals surface area contributed by atoms with Crippen molar-refractivity contribution in [2.24, 2.45) is 7.05 Å². The van der Waals surface area contributed by atoms with Gasteiger partial charge < -0.3 is 5.32 Å². The normalized spacial score (nSPS) is 10.7. The summed E-state index contributed by atoms with van der Waals surface area (Å²) in [6.45, 7) is 3.80. The molecule has 2 heterocycles. The van der Waals surface area contributed by atoms with Gasteiger partial charge in [-0.05, 0) is 42.0 Å². The SMILES string of the molecule is Cc1ccc(NC(=O)c2cnn(C)c2C)cc1-n1cnnn1. The number of benzene rings is 1. The molecule has 3 aromatic rings. The number of rotatable bonds is 3. The molecule has 0 spiro atoms. The first-order valence-electron chi connectivity index (χ1n) is 6.70. The van der Waals surface area contributed by atoms with E-state index in [4.69, 9.17) is 0 Å². The van der Waals surface area contributed by atoms with E-state index in [0.717, 1.165) is 16.9 Å². The van der Waals surface area contributed by atoms with E-state index in [-0.39, 0.29) is 5.91 Å². The van der Waals surface area contributed by atoms with Crippen LogP contribution in [0.3, 0.4) is 0 Å². The number of amides is 1. The Hall–Kier alpha value is -3.03. The molecule has 0 saturated carbocycles. The van der Waals surface area contributed by atoms with Crippen LogP contribution in [0.5, 0.6) is 0 Å². The molecule has 0 saturated heterocycles. The first-order chi connectivity index (χ1) is 10.6. The Morgan fingerprint density at radius 1 is 1.27 bits per heavy atom. The molecule has 0 aliphatic heterocycles. The van der Waals surface area contributed by atoms with Gasteiger partial charge in [-0.15, -0.1) is 5.10 Å². The Kier molecular flexibility index (Phi) is 3.42. The lowest BCUT2D eigenvalue weighted by molar-refractivity contribution is 0.102. The molecule has 0 bridgehead atoms. The predicted molar refractivity (Wildman–Crippen MR) is 79.8 cm³/mol. The molecule has 0 fully saturated rings. The van der Waals surface area contributed by atoms with Crippen molar-refractivity contribution in [1.82, 2.24) is 30.0 Å². The van der Waals surface area contributed by atoms with E-state index < -0.39 is 0 Å². The maximum atomic E-state index is 12.3. The van der Waals surface area contributed by atoms with Gasteiger partial charge in [0.1, 0.15) is 6.33 Å². The first kappa shape index (κ1) is 13.9. The summed E-state index contributed by atoms with van der Waals surface area (Å²) in [4.78, 5) is 12.3. The fourth-order valence-corrected chi connectivity index (χ4v) is 2.13. The topological polar surface area (TPSA) is 90.5 Å². The number of nitrogens with zero attached hydrogens (tertiary/aromatic N) is 6. The van der Waals surface area contributed by atoms with E-state index in [2.05, 4.69) is 25.9 Å². The molecule has 0 atom stereocenters. The van der Waals surface area contributed by atoms with Crippen LogP contribution in [0.2, 0.25) is 0 Å². The zero-order valence-corrected chi connectivity index (χ0v) is 12.5. The van der Waals surface area contributed by atoms with Crippen molar-refractivity contribution >= 4 is 11.6 Å². The molecule has 0 aliphatic carbocycles. The second kappa shape index (κ2) is 5.40. The van der Waals surface area contributed by atoms with Crippen LogP contribution in [0.1, 0.15) is 21.6 Å². The summed E-state index contributed by atoms with van der Waals surface area (Å²) in [5, 5.41) is 18.1. The molecule has 0 aliphatic rings. The standard InChI is InChI=1S/C14H15N7O/c1-9-4-5-11(6-13(9)21-8-15-18-19-21)17-14(22)12-7-16-20(3)10(12)2/h4-8H,1-3H3,(H,17,22). The Morgan fingerprint density at radius 3 is 2.73 bits per heavy atom. The van der Waals surface area contributed by atoms with Gasteiger partial charge in [-0.25, -0.2) is 4.68 Å². The molecule has 8 heteroatoms. The number of hydrogen-bond donors (Lipinski definition) is 1. The molecular formula is C14H15N7O. The fraction of sp³-hybridized carbons (Fsp3) is 0.214. The summed E-state index contributed by atoms with van der Waals surface area (Å²) in [6, 6.07) is 5.57. The van der Waals surface area contributed by atoms with Crippen LogP contribution in [0.15, 0.2) is 30.7 Å². The lowest BCUT2D eigenvalue weighted by atomic mass is 10.1. The Morgan fingerprint density at radius 2 is 2.09 bits per heavy atom. The summed E-state index contributed by atoms with van der Waals surface area (Å²) in [6.07, 6.45) is 3.07. The highest BCUT2D eigenvalue weighted by Gasteiger charge is 2.13. The molecule has 22 heavy (non-hydrogen) atoms. The van der Waals surface area contributed by atoms with Crippen molar-refractivity contribution < 1.29 is 4.79 Å². The highest BCUT2D eigenvalue weighted by atomic mass is 16.1. The van der Waals surface area contributed by atoms with Crippen LogP contribution in [0, 0.1) is 13.8 Å². The minimum Gasteiger partial charge on any atom is -0.322 e. The summed E-state index contributed by atoms with van der Waals surface area (Å²) < 4.78 is 3.22. The summed E-state index contributed by atoms with van der Waals surface area (Å²) in [7, 11) is 1.80. The minimum absolute atomic E-state index is 0.197. The lowest BCUT2D eigenvalue weighted by Crippen LogP contribution is -2.13. The average molecular weight is 297 g/mol. The zero-order valence-electron chi connectivity index (χ0n) is 12.5. The number of carbonyl (C=O) groups excluding carboxylic acids is 1. The van der Waals surface area contributed by atoms with Gasteiger partial charge in [-0.1, -0.05) is 6.07 Å². The third-order valence-electron chi connectivity index (χ3n) is 3.54. The van der Waals surface area contributed by atoms with Gasteiger partial charge in [0, 0.05) is 18.4 Å². The van der Waals surface area contributed by atoms with Gasteiger partial charge in [0.25, 0.3) is 5.91 Å². The highest BCUT2D eigenvalue weighted by molar-refractivity contribution is 6.05. The quantitative estimate of drug-likeness (QED) is 0.786. The van der Waals surface area contributed by atoms with E-state index in [9.17, 15) is 4.79 Å². The van der Waals surface area contributed by atoms with Gasteiger partial charge >= 0.3 is 0 Å². The molecule has 1 aromatic carbocycles. The van der Waals surface area contributed by atoms with E-state index in [1.54, 1.807) is 22.6 Å². The van der Waals surface area contributed by atoms with Crippen molar-refractivity contribution in [3.05, 3.63) is 47.5 Å². The second-order valence-electron chi connectivity index (χ2n) is 4.98. The van der Waals surface area contributed by atoms with E-state index in [1.807, 2.05) is 32.0 Å². The summed E-state index contributed by atoms with van der Waals surface area (Å²) >= 11 is 0. The smallest absolute Gasteiger partial charge is 0.259 e. The molecule has 8 nitrogen and oxygen atoms in total. The third kappa shape index (κ3) is 2.46. The van der Waals surface area contributed by atoms with Crippen LogP contribution in [-0.2, 0) is 7.05 Å². The molecular weight excluding hydrogens is 282 g/mol. The lowest BCUT2D eigenvalue weighted by Gasteiger charge is -2.09.